The second kappa shape index (κ2) is 5.52. The molecule has 0 aromatic heterocycles. The lowest BCUT2D eigenvalue weighted by atomic mass is 9.99. The van der Waals surface area contributed by atoms with E-state index in [1.807, 2.05) is 0 Å². The molecule has 1 aromatic rings. The highest BCUT2D eigenvalue weighted by Crippen LogP contribution is 2.30. The van der Waals surface area contributed by atoms with Crippen LogP contribution in [0, 0.1) is 0 Å². The third kappa shape index (κ3) is 2.61. The Morgan fingerprint density at radius 2 is 2.29 bits per heavy atom. The van der Waals surface area contributed by atoms with Gasteiger partial charge < -0.3 is 10.1 Å². The van der Waals surface area contributed by atoms with Crippen LogP contribution in [0.15, 0.2) is 18.2 Å². The average Bonchev–Trinajstić information content (AvgIpc) is 2.38. The van der Waals surface area contributed by atoms with Gasteiger partial charge in [0.05, 0.1) is 13.2 Å². The van der Waals surface area contributed by atoms with Crippen molar-refractivity contribution < 1.29 is 4.74 Å². The van der Waals surface area contributed by atoms with E-state index in [-0.39, 0.29) is 0 Å². The minimum Gasteiger partial charge on any atom is -0.496 e. The standard InChI is InChI=1S/C14H22N2O/c1-4-11-5-6-14(17-3)12(9-11)13-10-15-7-8-16(13)2/h5-6,9,13,15H,4,7-8,10H2,1-3H3. The third-order valence-corrected chi connectivity index (χ3v) is 3.57. The van der Waals surface area contributed by atoms with E-state index in [4.69, 9.17) is 4.74 Å². The van der Waals surface area contributed by atoms with E-state index >= 15 is 0 Å². The predicted octanol–water partition coefficient (Wildman–Crippen LogP) is 1.83. The summed E-state index contributed by atoms with van der Waals surface area (Å²) in [7, 11) is 3.93. The van der Waals surface area contributed by atoms with Crippen molar-refractivity contribution in [3.05, 3.63) is 29.3 Å². The molecule has 0 bridgehead atoms. The fourth-order valence-electron chi connectivity index (χ4n) is 2.42. The van der Waals surface area contributed by atoms with Crippen LogP contribution in [-0.2, 0) is 6.42 Å². The summed E-state index contributed by atoms with van der Waals surface area (Å²) in [5.41, 5.74) is 2.68. The van der Waals surface area contributed by atoms with Crippen molar-refractivity contribution in [3.63, 3.8) is 0 Å². The highest BCUT2D eigenvalue weighted by Gasteiger charge is 2.23. The molecule has 0 saturated carbocycles. The van der Waals surface area contributed by atoms with Gasteiger partial charge >= 0.3 is 0 Å². The van der Waals surface area contributed by atoms with Crippen molar-refractivity contribution in [1.29, 1.82) is 0 Å². The third-order valence-electron chi connectivity index (χ3n) is 3.57. The minimum atomic E-state index is 0.421. The SMILES string of the molecule is CCc1ccc(OC)c(C2CNCCN2C)c1. The van der Waals surface area contributed by atoms with E-state index in [0.29, 0.717) is 6.04 Å². The van der Waals surface area contributed by atoms with Crippen molar-refractivity contribution in [2.45, 2.75) is 19.4 Å². The lowest BCUT2D eigenvalue weighted by Crippen LogP contribution is -2.43. The molecule has 94 valence electrons. The van der Waals surface area contributed by atoms with Gasteiger partial charge in [-0.3, -0.25) is 4.90 Å². The molecule has 1 aliphatic rings. The van der Waals surface area contributed by atoms with E-state index in [1.54, 1.807) is 7.11 Å². The van der Waals surface area contributed by atoms with Gasteiger partial charge in [-0.2, -0.15) is 0 Å². The summed E-state index contributed by atoms with van der Waals surface area (Å²) in [5, 5.41) is 3.46. The number of nitrogens with one attached hydrogen (secondary N) is 1. The highest BCUT2D eigenvalue weighted by atomic mass is 16.5. The summed E-state index contributed by atoms with van der Waals surface area (Å²) >= 11 is 0. The number of aryl methyl sites for hydroxylation is 1. The smallest absolute Gasteiger partial charge is 0.123 e. The molecule has 1 saturated heterocycles. The van der Waals surface area contributed by atoms with Crippen LogP contribution in [0.25, 0.3) is 0 Å². The van der Waals surface area contributed by atoms with Crippen LogP contribution in [-0.4, -0.2) is 38.7 Å². The molecule has 1 N–H and O–H groups in total. The topological polar surface area (TPSA) is 24.5 Å². The molecule has 0 aliphatic carbocycles. The van der Waals surface area contributed by atoms with Gasteiger partial charge in [-0.05, 0) is 25.1 Å². The maximum atomic E-state index is 5.49. The lowest BCUT2D eigenvalue weighted by molar-refractivity contribution is 0.198. The quantitative estimate of drug-likeness (QED) is 0.863. The number of piperazine rings is 1. The summed E-state index contributed by atoms with van der Waals surface area (Å²) in [6.45, 7) is 5.35. The number of rotatable bonds is 3. The first kappa shape index (κ1) is 12.4. The van der Waals surface area contributed by atoms with Crippen LogP contribution in [0.4, 0.5) is 0 Å². The maximum Gasteiger partial charge on any atom is 0.123 e. The molecular weight excluding hydrogens is 212 g/mol. The second-order valence-corrected chi connectivity index (χ2v) is 4.63. The Labute approximate surface area is 104 Å². The van der Waals surface area contributed by atoms with Gasteiger partial charge in [0.1, 0.15) is 5.75 Å². The van der Waals surface area contributed by atoms with Gasteiger partial charge in [0, 0.05) is 25.2 Å². The van der Waals surface area contributed by atoms with Crippen molar-refractivity contribution in [2.24, 2.45) is 0 Å². The first-order chi connectivity index (χ1) is 8.26. The molecule has 1 aliphatic heterocycles. The molecular formula is C14H22N2O. The van der Waals surface area contributed by atoms with Gasteiger partial charge in [0.25, 0.3) is 0 Å². The van der Waals surface area contributed by atoms with Gasteiger partial charge in [0.15, 0.2) is 0 Å². The molecule has 0 radical (unpaired) electrons. The summed E-state index contributed by atoms with van der Waals surface area (Å²) in [6.07, 6.45) is 1.07. The Morgan fingerprint density at radius 3 is 2.94 bits per heavy atom. The molecule has 1 heterocycles. The maximum absolute atomic E-state index is 5.49. The Morgan fingerprint density at radius 1 is 1.47 bits per heavy atom. The van der Waals surface area contributed by atoms with Crippen LogP contribution in [0.1, 0.15) is 24.1 Å². The van der Waals surface area contributed by atoms with Gasteiger partial charge in [-0.15, -0.1) is 0 Å². The van der Waals surface area contributed by atoms with Gasteiger partial charge in [-0.1, -0.05) is 19.1 Å². The first-order valence-electron chi connectivity index (χ1n) is 6.34. The molecule has 3 heteroatoms. The summed E-state index contributed by atoms with van der Waals surface area (Å²) in [5.74, 6) is 1.00. The Bertz CT molecular complexity index is 378. The summed E-state index contributed by atoms with van der Waals surface area (Å²) in [4.78, 5) is 2.40. The fraction of sp³-hybridized carbons (Fsp3) is 0.571. The number of hydrogen-bond acceptors (Lipinski definition) is 3. The zero-order chi connectivity index (χ0) is 12.3. The molecule has 0 spiro atoms. The molecule has 1 atom stereocenters. The molecule has 17 heavy (non-hydrogen) atoms. The van der Waals surface area contributed by atoms with Gasteiger partial charge in [-0.25, -0.2) is 0 Å². The van der Waals surface area contributed by atoms with E-state index in [0.717, 1.165) is 31.8 Å². The molecule has 1 unspecified atom stereocenters. The van der Waals surface area contributed by atoms with Crippen LogP contribution in [0.2, 0.25) is 0 Å². The molecule has 1 fully saturated rings. The van der Waals surface area contributed by atoms with Crippen LogP contribution >= 0.6 is 0 Å². The molecule has 3 nitrogen and oxygen atoms in total. The van der Waals surface area contributed by atoms with Crippen LogP contribution < -0.4 is 10.1 Å². The molecule has 1 aromatic carbocycles. The summed E-state index contributed by atoms with van der Waals surface area (Å²) in [6, 6.07) is 6.95. The number of methoxy groups -OCH3 is 1. The number of ether oxygens (including phenoxy) is 1. The van der Waals surface area contributed by atoms with Gasteiger partial charge in [0.2, 0.25) is 0 Å². The second-order valence-electron chi connectivity index (χ2n) is 4.63. The number of benzene rings is 1. The summed E-state index contributed by atoms with van der Waals surface area (Å²) < 4.78 is 5.49. The van der Waals surface area contributed by atoms with Crippen molar-refractivity contribution >= 4 is 0 Å². The van der Waals surface area contributed by atoms with Crippen LogP contribution in [0.3, 0.4) is 0 Å². The Balaban J connectivity index is 2.33. The zero-order valence-electron chi connectivity index (χ0n) is 11.0. The molecule has 2 rings (SSSR count). The van der Waals surface area contributed by atoms with Crippen molar-refractivity contribution in [3.8, 4) is 5.75 Å². The number of hydrogen-bond donors (Lipinski definition) is 1. The van der Waals surface area contributed by atoms with Crippen LogP contribution in [0.5, 0.6) is 5.75 Å². The Kier molecular flexibility index (Phi) is 4.02. The van der Waals surface area contributed by atoms with E-state index in [2.05, 4.69) is 42.4 Å². The van der Waals surface area contributed by atoms with E-state index < -0.39 is 0 Å². The average molecular weight is 234 g/mol. The van der Waals surface area contributed by atoms with E-state index in [9.17, 15) is 0 Å². The zero-order valence-corrected chi connectivity index (χ0v) is 11.0. The number of likely N-dealkylation sites (N-methyl/N-ethyl adjacent to an activating group) is 1. The first-order valence-corrected chi connectivity index (χ1v) is 6.34. The minimum absolute atomic E-state index is 0.421. The Hall–Kier alpha value is -1.06. The fourth-order valence-corrected chi connectivity index (χ4v) is 2.42. The highest BCUT2D eigenvalue weighted by molar-refractivity contribution is 5.40. The van der Waals surface area contributed by atoms with E-state index in [1.165, 1.54) is 11.1 Å². The number of nitrogens with zero attached hydrogens (tertiary/aromatic N) is 1. The van der Waals surface area contributed by atoms with Crippen molar-refractivity contribution in [1.82, 2.24) is 10.2 Å². The predicted molar refractivity (Wildman–Crippen MR) is 70.6 cm³/mol. The van der Waals surface area contributed by atoms with Crippen molar-refractivity contribution in [2.75, 3.05) is 33.8 Å². The normalized spacial score (nSPS) is 21.5. The monoisotopic (exact) mass is 234 g/mol. The lowest BCUT2D eigenvalue weighted by Gasteiger charge is -2.34. The largest absolute Gasteiger partial charge is 0.496 e. The molecule has 0 amide bonds.